The second-order valence-corrected chi connectivity index (χ2v) is 7.39. The third-order valence-corrected chi connectivity index (χ3v) is 5.46. The number of aliphatic hydroxyl groups excluding tert-OH is 1. The second-order valence-electron chi connectivity index (χ2n) is 6.47. The molecule has 21 heavy (non-hydrogen) atoms. The van der Waals surface area contributed by atoms with Crippen molar-refractivity contribution in [3.63, 3.8) is 0 Å². The maximum atomic E-state index is 13.5. The van der Waals surface area contributed by atoms with Crippen LogP contribution in [0.1, 0.15) is 44.1 Å². The van der Waals surface area contributed by atoms with Crippen molar-refractivity contribution in [3.05, 3.63) is 34.1 Å². The fourth-order valence-corrected chi connectivity index (χ4v) is 4.57. The zero-order valence-corrected chi connectivity index (χ0v) is 13.9. The van der Waals surface area contributed by atoms with Gasteiger partial charge in [-0.25, -0.2) is 4.39 Å². The van der Waals surface area contributed by atoms with Crippen molar-refractivity contribution in [3.8, 4) is 0 Å². The molecule has 1 heterocycles. The van der Waals surface area contributed by atoms with Crippen LogP contribution in [0.4, 0.5) is 4.39 Å². The Bertz CT molecular complexity index is 475. The zero-order valence-electron chi connectivity index (χ0n) is 12.3. The quantitative estimate of drug-likeness (QED) is 0.881. The molecule has 3 rings (SSSR count). The Morgan fingerprint density at radius 1 is 1.14 bits per heavy atom. The van der Waals surface area contributed by atoms with Gasteiger partial charge in [-0.3, -0.25) is 4.90 Å². The predicted octanol–water partition coefficient (Wildman–Crippen LogP) is 4.10. The van der Waals surface area contributed by atoms with Crippen molar-refractivity contribution < 1.29 is 9.50 Å². The fourth-order valence-electron chi connectivity index (χ4n) is 4.06. The van der Waals surface area contributed by atoms with Gasteiger partial charge < -0.3 is 5.11 Å². The van der Waals surface area contributed by atoms with Crippen molar-refractivity contribution in [2.24, 2.45) is 5.92 Å². The van der Waals surface area contributed by atoms with Crippen molar-refractivity contribution in [1.29, 1.82) is 0 Å². The van der Waals surface area contributed by atoms with Gasteiger partial charge in [0, 0.05) is 23.0 Å². The Hall–Kier alpha value is -0.450. The lowest BCUT2D eigenvalue weighted by Gasteiger charge is -2.37. The largest absolute Gasteiger partial charge is 0.393 e. The molecule has 0 aromatic heterocycles. The Morgan fingerprint density at radius 2 is 1.95 bits per heavy atom. The molecule has 0 amide bonds. The molecular weight excluding hydrogens is 333 g/mol. The molecule has 116 valence electrons. The summed E-state index contributed by atoms with van der Waals surface area (Å²) in [6, 6.07) is 5.57. The summed E-state index contributed by atoms with van der Waals surface area (Å²) in [7, 11) is 0. The molecule has 3 atom stereocenters. The number of halogens is 2. The van der Waals surface area contributed by atoms with E-state index in [1.54, 1.807) is 6.07 Å². The first-order valence-corrected chi connectivity index (χ1v) is 8.80. The maximum absolute atomic E-state index is 13.5. The lowest BCUT2D eigenvalue weighted by molar-refractivity contribution is 0.0201. The predicted molar refractivity (Wildman–Crippen MR) is 85.5 cm³/mol. The smallest absolute Gasteiger partial charge is 0.124 e. The van der Waals surface area contributed by atoms with Gasteiger partial charge in [-0.2, -0.15) is 0 Å². The molecule has 1 aliphatic carbocycles. The molecule has 1 saturated heterocycles. The zero-order chi connectivity index (χ0) is 14.8. The minimum absolute atomic E-state index is 0.149. The first-order valence-electron chi connectivity index (χ1n) is 8.00. The highest BCUT2D eigenvalue weighted by Crippen LogP contribution is 2.35. The number of likely N-dealkylation sites (tertiary alicyclic amines) is 1. The van der Waals surface area contributed by atoms with Gasteiger partial charge in [-0.05, 0) is 56.0 Å². The van der Waals surface area contributed by atoms with Crippen molar-refractivity contribution in [2.45, 2.75) is 57.2 Å². The highest BCUT2D eigenvalue weighted by molar-refractivity contribution is 9.10. The number of benzene rings is 1. The van der Waals surface area contributed by atoms with Gasteiger partial charge in [-0.1, -0.05) is 28.8 Å². The topological polar surface area (TPSA) is 23.5 Å². The molecule has 1 aliphatic heterocycles. The summed E-state index contributed by atoms with van der Waals surface area (Å²) in [6.45, 7) is 1.84. The average molecular weight is 356 g/mol. The van der Waals surface area contributed by atoms with Crippen LogP contribution >= 0.6 is 15.9 Å². The van der Waals surface area contributed by atoms with Crippen LogP contribution in [0.5, 0.6) is 0 Å². The number of hydrogen-bond acceptors (Lipinski definition) is 2. The van der Waals surface area contributed by atoms with E-state index in [1.165, 1.54) is 18.9 Å². The van der Waals surface area contributed by atoms with E-state index >= 15 is 0 Å². The fraction of sp³-hybridized carbons (Fsp3) is 0.647. The molecule has 1 aromatic rings. The molecule has 2 fully saturated rings. The lowest BCUT2D eigenvalue weighted by Crippen LogP contribution is -2.42. The highest BCUT2D eigenvalue weighted by atomic mass is 79.9. The minimum atomic E-state index is -0.187. The summed E-state index contributed by atoms with van der Waals surface area (Å²) in [4.78, 5) is 2.44. The minimum Gasteiger partial charge on any atom is -0.393 e. The summed E-state index contributed by atoms with van der Waals surface area (Å²) in [5, 5.41) is 10.3. The van der Waals surface area contributed by atoms with Gasteiger partial charge in [0.15, 0.2) is 0 Å². The molecule has 0 spiro atoms. The summed E-state index contributed by atoms with van der Waals surface area (Å²) in [5.41, 5.74) is 1.01. The van der Waals surface area contributed by atoms with Gasteiger partial charge in [0.2, 0.25) is 0 Å². The van der Waals surface area contributed by atoms with E-state index in [0.717, 1.165) is 48.8 Å². The van der Waals surface area contributed by atoms with Crippen LogP contribution in [-0.2, 0) is 6.54 Å². The van der Waals surface area contributed by atoms with Gasteiger partial charge in [-0.15, -0.1) is 0 Å². The SMILES string of the molecule is OC1CCCCC1C1CCCN1Cc1cc(F)cc(Br)c1. The molecule has 3 unspecified atom stereocenters. The van der Waals surface area contributed by atoms with Gasteiger partial charge >= 0.3 is 0 Å². The van der Waals surface area contributed by atoms with E-state index in [2.05, 4.69) is 20.8 Å². The monoisotopic (exact) mass is 355 g/mol. The molecule has 4 heteroatoms. The van der Waals surface area contributed by atoms with Crippen LogP contribution in [-0.4, -0.2) is 28.7 Å². The molecule has 2 aliphatic rings. The van der Waals surface area contributed by atoms with E-state index in [0.29, 0.717) is 12.0 Å². The summed E-state index contributed by atoms with van der Waals surface area (Å²) < 4.78 is 14.3. The van der Waals surface area contributed by atoms with Gasteiger partial charge in [0.25, 0.3) is 0 Å². The molecule has 1 aromatic carbocycles. The van der Waals surface area contributed by atoms with Crippen LogP contribution in [0, 0.1) is 11.7 Å². The van der Waals surface area contributed by atoms with Crippen molar-refractivity contribution in [2.75, 3.05) is 6.54 Å². The maximum Gasteiger partial charge on any atom is 0.124 e. The summed E-state index contributed by atoms with van der Waals surface area (Å²) in [5.74, 6) is 0.214. The second kappa shape index (κ2) is 6.76. The van der Waals surface area contributed by atoms with E-state index in [-0.39, 0.29) is 11.9 Å². The van der Waals surface area contributed by atoms with Crippen LogP contribution < -0.4 is 0 Å². The third-order valence-electron chi connectivity index (χ3n) is 5.00. The summed E-state index contributed by atoms with van der Waals surface area (Å²) in [6.07, 6.45) is 6.67. The molecular formula is C17H23BrFNO. The highest BCUT2D eigenvalue weighted by Gasteiger charge is 2.36. The van der Waals surface area contributed by atoms with Crippen LogP contribution in [0.2, 0.25) is 0 Å². The molecule has 2 nitrogen and oxygen atoms in total. The van der Waals surface area contributed by atoms with Crippen molar-refractivity contribution >= 4 is 15.9 Å². The molecule has 1 N–H and O–H groups in total. The Labute approximate surface area is 134 Å². The Kier molecular flexibility index (Phi) is 4.97. The van der Waals surface area contributed by atoms with Crippen molar-refractivity contribution in [1.82, 2.24) is 4.90 Å². The van der Waals surface area contributed by atoms with E-state index in [9.17, 15) is 9.50 Å². The first-order chi connectivity index (χ1) is 10.1. The molecule has 0 radical (unpaired) electrons. The van der Waals surface area contributed by atoms with Gasteiger partial charge in [0.1, 0.15) is 5.82 Å². The average Bonchev–Trinajstić information content (AvgIpc) is 2.86. The molecule has 0 bridgehead atoms. The van der Waals surface area contributed by atoms with E-state index in [1.807, 2.05) is 6.07 Å². The van der Waals surface area contributed by atoms with E-state index < -0.39 is 0 Å². The number of nitrogens with zero attached hydrogens (tertiary/aromatic N) is 1. The van der Waals surface area contributed by atoms with Crippen LogP contribution in [0.15, 0.2) is 22.7 Å². The van der Waals surface area contributed by atoms with Crippen LogP contribution in [0.3, 0.4) is 0 Å². The molecule has 1 saturated carbocycles. The van der Waals surface area contributed by atoms with Gasteiger partial charge in [0.05, 0.1) is 6.10 Å². The first kappa shape index (κ1) is 15.4. The number of rotatable bonds is 3. The van der Waals surface area contributed by atoms with E-state index in [4.69, 9.17) is 0 Å². The lowest BCUT2D eigenvalue weighted by atomic mass is 9.80. The Morgan fingerprint density at radius 3 is 2.71 bits per heavy atom. The number of hydrogen-bond donors (Lipinski definition) is 1. The Balaban J connectivity index is 1.71. The summed E-state index contributed by atoms with van der Waals surface area (Å²) >= 11 is 3.37. The number of aliphatic hydroxyl groups is 1. The normalized spacial score (nSPS) is 30.7. The standard InChI is InChI=1S/C17H23BrFNO/c18-13-8-12(9-14(19)10-13)11-20-7-3-5-16(20)15-4-1-2-6-17(15)21/h8-10,15-17,21H,1-7,11H2. The third kappa shape index (κ3) is 3.66. The van der Waals surface area contributed by atoms with Crippen LogP contribution in [0.25, 0.3) is 0 Å².